The maximum Gasteiger partial charge on any atom is 0.221 e. The van der Waals surface area contributed by atoms with E-state index in [9.17, 15) is 14.4 Å². The maximum absolute atomic E-state index is 12.1. The Morgan fingerprint density at radius 3 is 1.95 bits per heavy atom. The lowest BCUT2D eigenvalue weighted by molar-refractivity contribution is -0.123. The molecule has 0 saturated carbocycles. The summed E-state index contributed by atoms with van der Waals surface area (Å²) < 4.78 is 0. The van der Waals surface area contributed by atoms with Crippen LogP contribution in [0.5, 0.6) is 0 Å². The quantitative estimate of drug-likeness (QED) is 0.438. The highest BCUT2D eigenvalue weighted by molar-refractivity contribution is 5.81. The molecule has 2 atom stereocenters. The molecule has 0 aromatic heterocycles. The molecule has 3 N–H and O–H groups in total. The third kappa shape index (κ3) is 11.4. The summed E-state index contributed by atoms with van der Waals surface area (Å²) >= 11 is 0. The molecule has 0 fully saturated rings. The molecule has 0 radical (unpaired) electrons. The Kier molecular flexibility index (Phi) is 11.6. The average molecular weight is 313 g/mol. The number of hydrogen-bond donors (Lipinski definition) is 3. The van der Waals surface area contributed by atoms with Gasteiger partial charge < -0.3 is 16.0 Å². The Balaban J connectivity index is 4.33. The third-order valence-corrected chi connectivity index (χ3v) is 3.50. The summed E-state index contributed by atoms with van der Waals surface area (Å²) in [7, 11) is 3.65. The van der Waals surface area contributed by atoms with Crippen LogP contribution in [0.2, 0.25) is 0 Å². The van der Waals surface area contributed by atoms with E-state index < -0.39 is 0 Å². The van der Waals surface area contributed by atoms with Crippen LogP contribution in [0.25, 0.3) is 0 Å². The van der Waals surface area contributed by atoms with Crippen molar-refractivity contribution >= 4 is 17.5 Å². The Morgan fingerprint density at radius 2 is 1.45 bits per heavy atom. The van der Waals surface area contributed by atoms with Gasteiger partial charge in [-0.1, -0.05) is 6.42 Å². The average Bonchev–Trinajstić information content (AvgIpc) is 2.41. The highest BCUT2D eigenvalue weighted by Crippen LogP contribution is 2.07. The first-order valence-electron chi connectivity index (χ1n) is 7.99. The fourth-order valence-corrected chi connectivity index (χ4v) is 2.40. The maximum atomic E-state index is 12.1. The molecule has 0 aromatic carbocycles. The first-order chi connectivity index (χ1) is 10.4. The molecule has 0 rings (SSSR count). The van der Waals surface area contributed by atoms with E-state index in [0.717, 1.165) is 25.8 Å². The first-order valence-corrected chi connectivity index (χ1v) is 7.99. The van der Waals surface area contributed by atoms with Gasteiger partial charge in [-0.2, -0.15) is 0 Å². The minimum atomic E-state index is -0.153. The van der Waals surface area contributed by atoms with Crippen molar-refractivity contribution in [3.63, 3.8) is 0 Å². The lowest BCUT2D eigenvalue weighted by atomic mass is 10.0. The molecule has 0 aromatic rings. The Hall–Kier alpha value is -1.27. The second kappa shape index (κ2) is 12.3. The summed E-state index contributed by atoms with van der Waals surface area (Å²) in [6.45, 7) is 3.99. The van der Waals surface area contributed by atoms with Crippen LogP contribution in [0.3, 0.4) is 0 Å². The van der Waals surface area contributed by atoms with Crippen LogP contribution in [-0.4, -0.2) is 50.2 Å². The topological polar surface area (TPSA) is 87.3 Å². The predicted molar refractivity (Wildman–Crippen MR) is 87.8 cm³/mol. The van der Waals surface area contributed by atoms with Crippen molar-refractivity contribution < 1.29 is 14.4 Å². The molecule has 22 heavy (non-hydrogen) atoms. The number of rotatable bonds is 13. The van der Waals surface area contributed by atoms with Crippen LogP contribution >= 0.6 is 0 Å². The number of carbonyl (C=O) groups is 3. The van der Waals surface area contributed by atoms with Gasteiger partial charge >= 0.3 is 0 Å². The Labute approximate surface area is 133 Å². The van der Waals surface area contributed by atoms with Crippen molar-refractivity contribution in [2.75, 3.05) is 20.6 Å². The summed E-state index contributed by atoms with van der Waals surface area (Å²) in [5.74, 6) is 0.0211. The van der Waals surface area contributed by atoms with Gasteiger partial charge in [-0.05, 0) is 47.3 Å². The number of hydrogen-bond acceptors (Lipinski definition) is 5. The van der Waals surface area contributed by atoms with Gasteiger partial charge in [0.15, 0.2) is 0 Å². The Morgan fingerprint density at radius 1 is 0.864 bits per heavy atom. The lowest BCUT2D eigenvalue weighted by Gasteiger charge is -2.20. The van der Waals surface area contributed by atoms with Gasteiger partial charge in [0.1, 0.15) is 11.6 Å². The van der Waals surface area contributed by atoms with E-state index in [-0.39, 0.29) is 36.0 Å². The molecule has 0 heterocycles. The molecule has 0 aliphatic rings. The monoisotopic (exact) mass is 313 g/mol. The van der Waals surface area contributed by atoms with Gasteiger partial charge in [-0.15, -0.1) is 0 Å². The van der Waals surface area contributed by atoms with Crippen LogP contribution in [0.1, 0.15) is 52.4 Å². The zero-order valence-corrected chi connectivity index (χ0v) is 14.3. The van der Waals surface area contributed by atoms with E-state index in [4.69, 9.17) is 0 Å². The summed E-state index contributed by atoms with van der Waals surface area (Å²) in [5, 5.41) is 8.99. The van der Waals surface area contributed by atoms with E-state index >= 15 is 0 Å². The summed E-state index contributed by atoms with van der Waals surface area (Å²) in [5.41, 5.74) is 0. The largest absolute Gasteiger partial charge is 0.353 e. The van der Waals surface area contributed by atoms with E-state index in [0.29, 0.717) is 12.8 Å². The van der Waals surface area contributed by atoms with Gasteiger partial charge in [-0.3, -0.25) is 14.4 Å². The highest BCUT2D eigenvalue weighted by atomic mass is 16.2. The lowest BCUT2D eigenvalue weighted by Crippen LogP contribution is -2.40. The fraction of sp³-hybridized carbons (Fsp3) is 0.812. The van der Waals surface area contributed by atoms with Crippen LogP contribution in [0.4, 0.5) is 0 Å². The number of amides is 1. The van der Waals surface area contributed by atoms with Crippen molar-refractivity contribution in [2.24, 2.45) is 0 Å². The fourth-order valence-electron chi connectivity index (χ4n) is 2.40. The number of carbonyl (C=O) groups excluding carboxylic acids is 3. The summed E-state index contributed by atoms with van der Waals surface area (Å²) in [6.07, 6.45) is 3.73. The van der Waals surface area contributed by atoms with E-state index in [1.165, 1.54) is 6.92 Å². The molecule has 6 nitrogen and oxygen atoms in total. The summed E-state index contributed by atoms with van der Waals surface area (Å²) in [4.78, 5) is 34.6. The van der Waals surface area contributed by atoms with E-state index in [1.54, 1.807) is 14.0 Å². The minimum absolute atomic E-state index is 0.0551. The second-order valence-electron chi connectivity index (χ2n) is 5.87. The molecule has 1 amide bonds. The van der Waals surface area contributed by atoms with E-state index in [1.807, 2.05) is 7.05 Å². The van der Waals surface area contributed by atoms with Crippen LogP contribution < -0.4 is 16.0 Å². The van der Waals surface area contributed by atoms with Gasteiger partial charge in [0.05, 0.1) is 0 Å². The minimum Gasteiger partial charge on any atom is -0.353 e. The molecule has 0 aliphatic carbocycles. The smallest absolute Gasteiger partial charge is 0.221 e. The highest BCUT2D eigenvalue weighted by Gasteiger charge is 2.18. The van der Waals surface area contributed by atoms with Crippen molar-refractivity contribution in [1.29, 1.82) is 0 Å². The number of unbranched alkanes of at least 4 members (excludes halogenated alkanes) is 1. The molecule has 0 saturated heterocycles. The second-order valence-corrected chi connectivity index (χ2v) is 5.87. The molecule has 0 aliphatic heterocycles. The molecule has 6 heteroatoms. The SMILES string of the molecule is CNCCCCC(CC(C)=O)NC(=O)CC(CC(C)=O)NC. The standard InChI is InChI=1S/C16H31N3O3/c1-12(20)9-14(7-5-6-8-17-3)19-16(22)11-15(18-4)10-13(2)21/h14-15,17-18H,5-11H2,1-4H3,(H,19,22). The molecular formula is C16H31N3O3. The van der Waals surface area contributed by atoms with Crippen molar-refractivity contribution in [2.45, 2.75) is 64.5 Å². The normalized spacial score (nSPS) is 13.5. The summed E-state index contributed by atoms with van der Waals surface area (Å²) in [6, 6.07) is -0.267. The number of nitrogens with one attached hydrogen (secondary N) is 3. The van der Waals surface area contributed by atoms with Crippen molar-refractivity contribution in [3.05, 3.63) is 0 Å². The van der Waals surface area contributed by atoms with Crippen LogP contribution in [0.15, 0.2) is 0 Å². The van der Waals surface area contributed by atoms with Gasteiger partial charge in [0.25, 0.3) is 0 Å². The zero-order valence-electron chi connectivity index (χ0n) is 14.3. The molecular weight excluding hydrogens is 282 g/mol. The third-order valence-electron chi connectivity index (χ3n) is 3.50. The molecule has 2 unspecified atom stereocenters. The Bertz CT molecular complexity index is 359. The van der Waals surface area contributed by atoms with Gasteiger partial charge in [-0.25, -0.2) is 0 Å². The van der Waals surface area contributed by atoms with Crippen molar-refractivity contribution in [3.8, 4) is 0 Å². The zero-order chi connectivity index (χ0) is 17.0. The van der Waals surface area contributed by atoms with E-state index in [2.05, 4.69) is 16.0 Å². The van der Waals surface area contributed by atoms with Crippen LogP contribution in [-0.2, 0) is 14.4 Å². The molecule has 0 bridgehead atoms. The van der Waals surface area contributed by atoms with Crippen molar-refractivity contribution in [1.82, 2.24) is 16.0 Å². The number of ketones is 2. The first kappa shape index (κ1) is 20.7. The van der Waals surface area contributed by atoms with Crippen LogP contribution in [0, 0.1) is 0 Å². The predicted octanol–water partition coefficient (Wildman–Crippen LogP) is 0.797. The molecule has 128 valence electrons. The van der Waals surface area contributed by atoms with Gasteiger partial charge in [0.2, 0.25) is 5.91 Å². The molecule has 0 spiro atoms. The van der Waals surface area contributed by atoms with Gasteiger partial charge in [0, 0.05) is 31.3 Å². The number of Topliss-reactive ketones (excluding diaryl/α,β-unsaturated/α-hetero) is 2.